The van der Waals surface area contributed by atoms with Crippen LogP contribution in [0.4, 0.5) is 0 Å². The molecule has 3 heterocycles. The van der Waals surface area contributed by atoms with Gasteiger partial charge in [-0.1, -0.05) is 0 Å². The summed E-state index contributed by atoms with van der Waals surface area (Å²) in [6.45, 7) is 3.88. The smallest absolute Gasteiger partial charge is 0.181 e. The molecule has 0 amide bonds. The lowest BCUT2D eigenvalue weighted by atomic mass is 9.93. The minimum atomic E-state index is 0.0823. The van der Waals surface area contributed by atoms with Crippen LogP contribution in [0.2, 0.25) is 0 Å². The van der Waals surface area contributed by atoms with Crippen LogP contribution in [0, 0.1) is 0 Å². The first kappa shape index (κ1) is 9.78. The summed E-state index contributed by atoms with van der Waals surface area (Å²) in [6, 6.07) is 4.00. The van der Waals surface area contributed by atoms with Gasteiger partial charge in [0.25, 0.3) is 0 Å². The van der Waals surface area contributed by atoms with Crippen LogP contribution in [-0.4, -0.2) is 28.0 Å². The van der Waals surface area contributed by atoms with E-state index in [1.807, 2.05) is 6.07 Å². The summed E-state index contributed by atoms with van der Waals surface area (Å²) in [5.74, 6) is 0. The van der Waals surface area contributed by atoms with Crippen LogP contribution in [-0.2, 0) is 10.3 Å². The maximum Gasteiger partial charge on any atom is 0.181 e. The lowest BCUT2D eigenvalue weighted by molar-refractivity contribution is 0.0243. The number of pyridine rings is 1. The Labute approximate surface area is 94.2 Å². The number of nitrogens with zero attached hydrogens (tertiary/aromatic N) is 3. The third-order valence-corrected chi connectivity index (χ3v) is 3.40. The van der Waals surface area contributed by atoms with Crippen molar-refractivity contribution < 1.29 is 4.74 Å². The van der Waals surface area contributed by atoms with E-state index in [-0.39, 0.29) is 5.54 Å². The van der Waals surface area contributed by atoms with Crippen LogP contribution in [0.1, 0.15) is 19.8 Å². The van der Waals surface area contributed by atoms with E-state index < -0.39 is 0 Å². The van der Waals surface area contributed by atoms with Gasteiger partial charge in [-0.3, -0.25) is 4.68 Å². The molecule has 1 saturated heterocycles. The van der Waals surface area contributed by atoms with E-state index in [2.05, 4.69) is 34.0 Å². The Hall–Kier alpha value is -1.42. The summed E-state index contributed by atoms with van der Waals surface area (Å²) in [4.78, 5) is 4.26. The third-order valence-electron chi connectivity index (χ3n) is 3.40. The van der Waals surface area contributed by atoms with E-state index in [1.165, 1.54) is 0 Å². The maximum atomic E-state index is 5.40. The first-order valence-electron chi connectivity index (χ1n) is 5.67. The van der Waals surface area contributed by atoms with Crippen LogP contribution in [0.3, 0.4) is 0 Å². The fourth-order valence-electron chi connectivity index (χ4n) is 2.17. The molecule has 4 nitrogen and oxygen atoms in total. The van der Waals surface area contributed by atoms with Crippen molar-refractivity contribution in [1.29, 1.82) is 0 Å². The first-order chi connectivity index (χ1) is 7.78. The second kappa shape index (κ2) is 3.56. The Kier molecular flexibility index (Phi) is 2.17. The second-order valence-corrected chi connectivity index (χ2v) is 4.60. The van der Waals surface area contributed by atoms with Crippen molar-refractivity contribution in [2.24, 2.45) is 0 Å². The first-order valence-corrected chi connectivity index (χ1v) is 5.67. The highest BCUT2D eigenvalue weighted by molar-refractivity contribution is 5.73. The fourth-order valence-corrected chi connectivity index (χ4v) is 2.17. The van der Waals surface area contributed by atoms with Gasteiger partial charge in [0.15, 0.2) is 5.65 Å². The highest BCUT2D eigenvalue weighted by Gasteiger charge is 2.30. The summed E-state index contributed by atoms with van der Waals surface area (Å²) < 4.78 is 7.47. The zero-order valence-electron chi connectivity index (χ0n) is 9.39. The van der Waals surface area contributed by atoms with Crippen LogP contribution in [0.5, 0.6) is 0 Å². The molecule has 0 atom stereocenters. The predicted molar refractivity (Wildman–Crippen MR) is 61.2 cm³/mol. The lowest BCUT2D eigenvalue weighted by Gasteiger charge is -2.33. The lowest BCUT2D eigenvalue weighted by Crippen LogP contribution is -2.37. The molecule has 0 bridgehead atoms. The van der Waals surface area contributed by atoms with Crippen molar-refractivity contribution >= 4 is 11.0 Å². The van der Waals surface area contributed by atoms with Gasteiger partial charge in [0.1, 0.15) is 0 Å². The summed E-state index contributed by atoms with van der Waals surface area (Å²) in [5.41, 5.74) is 0.911. The van der Waals surface area contributed by atoms with E-state index in [4.69, 9.17) is 4.74 Å². The minimum absolute atomic E-state index is 0.0823. The molecule has 1 aliphatic rings. The summed E-state index contributed by atoms with van der Waals surface area (Å²) in [6.07, 6.45) is 5.90. The Bertz CT molecular complexity index is 467. The molecule has 3 rings (SSSR count). The zero-order chi connectivity index (χ0) is 11.0. The quantitative estimate of drug-likeness (QED) is 0.733. The van der Waals surface area contributed by atoms with Gasteiger partial charge < -0.3 is 4.74 Å². The van der Waals surface area contributed by atoms with Crippen molar-refractivity contribution in [2.75, 3.05) is 13.2 Å². The average Bonchev–Trinajstić information content (AvgIpc) is 2.74. The van der Waals surface area contributed by atoms with Crippen LogP contribution >= 0.6 is 0 Å². The van der Waals surface area contributed by atoms with Gasteiger partial charge in [-0.25, -0.2) is 4.98 Å². The van der Waals surface area contributed by atoms with Crippen molar-refractivity contribution in [3.05, 3.63) is 24.5 Å². The molecule has 16 heavy (non-hydrogen) atoms. The largest absolute Gasteiger partial charge is 0.381 e. The Balaban J connectivity index is 2.04. The van der Waals surface area contributed by atoms with E-state index in [0.717, 1.165) is 37.1 Å². The molecule has 2 aromatic rings. The molecule has 2 aromatic heterocycles. The van der Waals surface area contributed by atoms with Gasteiger partial charge in [0.05, 0.1) is 5.54 Å². The molecule has 0 N–H and O–H groups in total. The molecule has 4 heteroatoms. The molecular weight excluding hydrogens is 202 g/mol. The molecule has 84 valence electrons. The van der Waals surface area contributed by atoms with Gasteiger partial charge in [-0.05, 0) is 31.9 Å². The summed E-state index contributed by atoms with van der Waals surface area (Å²) in [5, 5.41) is 5.66. The van der Waals surface area contributed by atoms with E-state index in [0.29, 0.717) is 0 Å². The number of aromatic nitrogens is 3. The predicted octanol–water partition coefficient (Wildman–Crippen LogP) is 1.96. The van der Waals surface area contributed by atoms with E-state index >= 15 is 0 Å². The van der Waals surface area contributed by atoms with Crippen molar-refractivity contribution in [3.63, 3.8) is 0 Å². The number of fused-ring (bicyclic) bond motifs is 1. The molecule has 0 saturated carbocycles. The van der Waals surface area contributed by atoms with Gasteiger partial charge >= 0.3 is 0 Å². The van der Waals surface area contributed by atoms with Crippen LogP contribution < -0.4 is 0 Å². The minimum Gasteiger partial charge on any atom is -0.381 e. The maximum absolute atomic E-state index is 5.40. The monoisotopic (exact) mass is 217 g/mol. The summed E-state index contributed by atoms with van der Waals surface area (Å²) >= 11 is 0. The Morgan fingerprint density at radius 2 is 2.19 bits per heavy atom. The van der Waals surface area contributed by atoms with Crippen LogP contribution in [0.25, 0.3) is 11.0 Å². The van der Waals surface area contributed by atoms with Gasteiger partial charge in [0.2, 0.25) is 0 Å². The molecule has 0 unspecified atom stereocenters. The zero-order valence-corrected chi connectivity index (χ0v) is 9.39. The highest BCUT2D eigenvalue weighted by Crippen LogP contribution is 2.28. The topological polar surface area (TPSA) is 39.9 Å². The molecule has 1 aliphatic heterocycles. The molecular formula is C12H15N3O. The molecule has 0 spiro atoms. The fraction of sp³-hybridized carbons (Fsp3) is 0.500. The number of rotatable bonds is 1. The van der Waals surface area contributed by atoms with Crippen molar-refractivity contribution in [1.82, 2.24) is 14.8 Å². The number of hydrogen-bond donors (Lipinski definition) is 0. The molecule has 0 aliphatic carbocycles. The average molecular weight is 217 g/mol. The van der Waals surface area contributed by atoms with Crippen LogP contribution in [0.15, 0.2) is 24.5 Å². The summed E-state index contributed by atoms with van der Waals surface area (Å²) in [7, 11) is 0. The van der Waals surface area contributed by atoms with Crippen molar-refractivity contribution in [2.45, 2.75) is 25.3 Å². The molecule has 1 fully saturated rings. The third kappa shape index (κ3) is 1.50. The van der Waals surface area contributed by atoms with E-state index in [1.54, 1.807) is 6.20 Å². The SMILES string of the molecule is CC1(n2cc3cccnc3n2)CCOCC1. The Morgan fingerprint density at radius 1 is 1.38 bits per heavy atom. The number of hydrogen-bond acceptors (Lipinski definition) is 3. The van der Waals surface area contributed by atoms with Crippen molar-refractivity contribution in [3.8, 4) is 0 Å². The molecule has 0 aromatic carbocycles. The Morgan fingerprint density at radius 3 is 2.94 bits per heavy atom. The highest BCUT2D eigenvalue weighted by atomic mass is 16.5. The second-order valence-electron chi connectivity index (χ2n) is 4.60. The van der Waals surface area contributed by atoms with Gasteiger partial charge in [0, 0.05) is 31.0 Å². The van der Waals surface area contributed by atoms with Gasteiger partial charge in [-0.15, -0.1) is 0 Å². The normalized spacial score (nSPS) is 20.1. The standard InChI is InChI=1S/C12H15N3O/c1-12(4-7-16-8-5-12)15-9-10-3-2-6-13-11(10)14-15/h2-3,6,9H,4-5,7-8H2,1H3. The number of ether oxygens (including phenoxy) is 1. The van der Waals surface area contributed by atoms with Gasteiger partial charge in [-0.2, -0.15) is 5.10 Å². The molecule has 0 radical (unpaired) electrons. The van der Waals surface area contributed by atoms with E-state index in [9.17, 15) is 0 Å².